The van der Waals surface area contributed by atoms with E-state index in [9.17, 15) is 9.59 Å². The Bertz CT molecular complexity index is 585. The maximum atomic E-state index is 12.4. The van der Waals surface area contributed by atoms with Crippen LogP contribution in [0.3, 0.4) is 0 Å². The first kappa shape index (κ1) is 19.2. The lowest BCUT2D eigenvalue weighted by Gasteiger charge is -2.28. The van der Waals surface area contributed by atoms with Crippen LogP contribution in [0.4, 0.5) is 5.69 Å². The topological polar surface area (TPSA) is 70.7 Å². The summed E-state index contributed by atoms with van der Waals surface area (Å²) in [5, 5.41) is 5.94. The second-order valence-corrected chi connectivity index (χ2v) is 6.71. The van der Waals surface area contributed by atoms with Crippen molar-refractivity contribution in [3.8, 4) is 5.75 Å². The fraction of sp³-hybridized carbons (Fsp3) is 0.579. The molecular formula is C19H29N3O3. The van der Waals surface area contributed by atoms with Gasteiger partial charge in [0.2, 0.25) is 11.8 Å². The summed E-state index contributed by atoms with van der Waals surface area (Å²) in [4.78, 5) is 26.3. The van der Waals surface area contributed by atoms with Crippen LogP contribution in [0.1, 0.15) is 39.0 Å². The Morgan fingerprint density at radius 2 is 2.00 bits per heavy atom. The van der Waals surface area contributed by atoms with Crippen molar-refractivity contribution in [3.63, 3.8) is 0 Å². The zero-order chi connectivity index (χ0) is 18.2. The van der Waals surface area contributed by atoms with Gasteiger partial charge in [-0.2, -0.15) is 0 Å². The zero-order valence-electron chi connectivity index (χ0n) is 15.4. The fourth-order valence-electron chi connectivity index (χ4n) is 3.03. The van der Waals surface area contributed by atoms with Crippen molar-refractivity contribution in [1.82, 2.24) is 10.2 Å². The molecule has 1 fully saturated rings. The van der Waals surface area contributed by atoms with E-state index in [0.29, 0.717) is 11.4 Å². The number of ether oxygens (including phenoxy) is 1. The molecule has 138 valence electrons. The predicted octanol–water partition coefficient (Wildman–Crippen LogP) is 2.40. The van der Waals surface area contributed by atoms with Crippen molar-refractivity contribution in [1.29, 1.82) is 0 Å². The molecule has 1 aliphatic carbocycles. The normalized spacial score (nSPS) is 16.3. The third kappa shape index (κ3) is 6.05. The molecule has 1 atom stereocenters. The molecule has 2 rings (SSSR count). The van der Waals surface area contributed by atoms with Crippen molar-refractivity contribution in [3.05, 3.63) is 24.3 Å². The lowest BCUT2D eigenvalue weighted by atomic mass is 9.95. The first-order valence-electron chi connectivity index (χ1n) is 8.94. The highest BCUT2D eigenvalue weighted by Gasteiger charge is 2.23. The molecule has 0 aliphatic heterocycles. The number of hydrogen-bond donors (Lipinski definition) is 2. The summed E-state index contributed by atoms with van der Waals surface area (Å²) in [6.45, 7) is 1.98. The van der Waals surface area contributed by atoms with Crippen molar-refractivity contribution in [2.75, 3.05) is 26.0 Å². The number of anilines is 1. The van der Waals surface area contributed by atoms with Gasteiger partial charge < -0.3 is 15.4 Å². The number of nitrogens with zero attached hydrogens (tertiary/aromatic N) is 1. The van der Waals surface area contributed by atoms with Crippen LogP contribution in [-0.4, -0.2) is 49.5 Å². The van der Waals surface area contributed by atoms with Crippen molar-refractivity contribution < 1.29 is 14.3 Å². The van der Waals surface area contributed by atoms with E-state index in [2.05, 4.69) is 10.6 Å². The molecule has 1 aliphatic rings. The molecule has 0 bridgehead atoms. The van der Waals surface area contributed by atoms with E-state index in [1.165, 1.54) is 19.3 Å². The highest BCUT2D eigenvalue weighted by atomic mass is 16.5. The number of hydrogen-bond acceptors (Lipinski definition) is 4. The number of carbonyl (C=O) groups excluding carboxylic acids is 2. The molecule has 0 unspecified atom stereocenters. The third-order valence-electron chi connectivity index (χ3n) is 4.74. The summed E-state index contributed by atoms with van der Waals surface area (Å²) in [6.07, 6.45) is 5.72. The minimum Gasteiger partial charge on any atom is -0.497 e. The summed E-state index contributed by atoms with van der Waals surface area (Å²) in [6, 6.07) is 7.13. The number of likely N-dealkylation sites (N-methyl/N-ethyl adjacent to an activating group) is 1. The Morgan fingerprint density at radius 3 is 2.68 bits per heavy atom. The van der Waals surface area contributed by atoms with Crippen LogP contribution in [0.2, 0.25) is 0 Å². The Kier molecular flexibility index (Phi) is 7.25. The summed E-state index contributed by atoms with van der Waals surface area (Å²) in [5.41, 5.74) is 0.678. The van der Waals surface area contributed by atoms with Gasteiger partial charge in [0.25, 0.3) is 0 Å². The minimum atomic E-state index is -0.349. The van der Waals surface area contributed by atoms with Gasteiger partial charge in [0.15, 0.2) is 0 Å². The van der Waals surface area contributed by atoms with Crippen LogP contribution in [0, 0.1) is 0 Å². The molecule has 0 aromatic heterocycles. The van der Waals surface area contributed by atoms with E-state index in [1.54, 1.807) is 31.2 Å². The van der Waals surface area contributed by atoms with Crippen LogP contribution in [0.5, 0.6) is 5.75 Å². The molecule has 1 aromatic rings. The fourth-order valence-corrected chi connectivity index (χ4v) is 3.03. The van der Waals surface area contributed by atoms with Gasteiger partial charge >= 0.3 is 0 Å². The lowest BCUT2D eigenvalue weighted by Crippen LogP contribution is -2.49. The molecule has 1 saturated carbocycles. The van der Waals surface area contributed by atoms with E-state index < -0.39 is 0 Å². The van der Waals surface area contributed by atoms with Crippen molar-refractivity contribution in [2.24, 2.45) is 0 Å². The molecule has 6 nitrogen and oxygen atoms in total. The molecule has 1 aromatic carbocycles. The average Bonchev–Trinajstić information content (AvgIpc) is 2.61. The van der Waals surface area contributed by atoms with Gasteiger partial charge in [0.1, 0.15) is 5.75 Å². The SMILES string of the molecule is COc1cccc(NC(=O)CN(C)[C@@H](C)C(=O)NC2CCCCC2)c1. The summed E-state index contributed by atoms with van der Waals surface area (Å²) in [7, 11) is 3.37. The smallest absolute Gasteiger partial charge is 0.238 e. The van der Waals surface area contributed by atoms with Gasteiger partial charge in [0.05, 0.1) is 19.7 Å². The standard InChI is InChI=1S/C19H29N3O3/c1-14(19(24)21-15-8-5-4-6-9-15)22(2)13-18(23)20-16-10-7-11-17(12-16)25-3/h7,10-12,14-15H,4-6,8-9,13H2,1-3H3,(H,20,23)(H,21,24)/t14-/m0/s1. The number of amides is 2. The largest absolute Gasteiger partial charge is 0.497 e. The third-order valence-corrected chi connectivity index (χ3v) is 4.74. The van der Waals surface area contributed by atoms with Gasteiger partial charge in [0, 0.05) is 17.8 Å². The maximum Gasteiger partial charge on any atom is 0.238 e. The van der Waals surface area contributed by atoms with Gasteiger partial charge in [-0.3, -0.25) is 14.5 Å². The van der Waals surface area contributed by atoms with E-state index in [1.807, 2.05) is 19.1 Å². The van der Waals surface area contributed by atoms with E-state index in [4.69, 9.17) is 4.74 Å². The molecule has 0 spiro atoms. The highest BCUT2D eigenvalue weighted by molar-refractivity contribution is 5.93. The molecule has 6 heteroatoms. The number of rotatable bonds is 7. The number of carbonyl (C=O) groups is 2. The number of methoxy groups -OCH3 is 1. The van der Waals surface area contributed by atoms with Crippen molar-refractivity contribution in [2.45, 2.75) is 51.1 Å². The monoisotopic (exact) mass is 347 g/mol. The number of benzene rings is 1. The highest BCUT2D eigenvalue weighted by Crippen LogP contribution is 2.18. The van der Waals surface area contributed by atoms with Crippen LogP contribution < -0.4 is 15.4 Å². The Balaban J connectivity index is 1.81. The lowest BCUT2D eigenvalue weighted by molar-refractivity contribution is -0.127. The van der Waals surface area contributed by atoms with Crippen molar-refractivity contribution >= 4 is 17.5 Å². The van der Waals surface area contributed by atoms with Crippen LogP contribution in [0.15, 0.2) is 24.3 Å². The Hall–Kier alpha value is -2.08. The molecule has 2 amide bonds. The minimum absolute atomic E-state index is 0.0106. The first-order valence-corrected chi connectivity index (χ1v) is 8.94. The molecule has 0 heterocycles. The van der Waals surface area contributed by atoms with Gasteiger partial charge in [-0.1, -0.05) is 25.3 Å². The van der Waals surface area contributed by atoms with Gasteiger partial charge in [-0.25, -0.2) is 0 Å². The van der Waals surface area contributed by atoms with Crippen LogP contribution in [0.25, 0.3) is 0 Å². The second-order valence-electron chi connectivity index (χ2n) is 6.71. The second kappa shape index (κ2) is 9.42. The molecule has 0 saturated heterocycles. The zero-order valence-corrected chi connectivity index (χ0v) is 15.4. The quantitative estimate of drug-likeness (QED) is 0.795. The Labute approximate surface area is 149 Å². The van der Waals surface area contributed by atoms with E-state index >= 15 is 0 Å². The Morgan fingerprint density at radius 1 is 1.28 bits per heavy atom. The van der Waals surface area contributed by atoms with Crippen LogP contribution >= 0.6 is 0 Å². The van der Waals surface area contributed by atoms with E-state index in [-0.39, 0.29) is 30.4 Å². The molecule has 2 N–H and O–H groups in total. The average molecular weight is 347 g/mol. The summed E-state index contributed by atoms with van der Waals surface area (Å²) in [5.74, 6) is 0.517. The summed E-state index contributed by atoms with van der Waals surface area (Å²) < 4.78 is 5.14. The molecule has 0 radical (unpaired) electrons. The summed E-state index contributed by atoms with van der Waals surface area (Å²) >= 11 is 0. The molecular weight excluding hydrogens is 318 g/mol. The number of nitrogens with one attached hydrogen (secondary N) is 2. The first-order chi connectivity index (χ1) is 12.0. The van der Waals surface area contributed by atoms with Crippen LogP contribution in [-0.2, 0) is 9.59 Å². The van der Waals surface area contributed by atoms with Gasteiger partial charge in [-0.05, 0) is 38.9 Å². The van der Waals surface area contributed by atoms with E-state index in [0.717, 1.165) is 12.8 Å². The van der Waals surface area contributed by atoms with Gasteiger partial charge in [-0.15, -0.1) is 0 Å². The molecule has 25 heavy (non-hydrogen) atoms. The predicted molar refractivity (Wildman–Crippen MR) is 98.7 cm³/mol. The maximum absolute atomic E-state index is 12.4.